The molecule has 1 aromatic carbocycles. The van der Waals surface area contributed by atoms with E-state index in [1.807, 2.05) is 0 Å². The third-order valence-corrected chi connectivity index (χ3v) is 2.95. The van der Waals surface area contributed by atoms with E-state index < -0.39 is 4.92 Å². The summed E-state index contributed by atoms with van der Waals surface area (Å²) in [5.74, 6) is 0.583. The van der Waals surface area contributed by atoms with Gasteiger partial charge in [0.25, 0.3) is 5.69 Å². The van der Waals surface area contributed by atoms with Crippen LogP contribution >= 0.6 is 0 Å². The van der Waals surface area contributed by atoms with E-state index in [1.54, 1.807) is 12.1 Å². The van der Waals surface area contributed by atoms with Crippen molar-refractivity contribution in [2.45, 2.75) is 32.2 Å². The molecule has 0 spiro atoms. The van der Waals surface area contributed by atoms with Crippen molar-refractivity contribution < 1.29 is 9.66 Å². The average molecular weight is 267 g/mol. The van der Waals surface area contributed by atoms with E-state index in [2.05, 4.69) is 12.2 Å². The molecule has 0 bridgehead atoms. The Morgan fingerprint density at radius 2 is 2.26 bits per heavy atom. The summed E-state index contributed by atoms with van der Waals surface area (Å²) in [5.41, 5.74) is 6.19. The summed E-state index contributed by atoms with van der Waals surface area (Å²) in [5, 5.41) is 14.1. The average Bonchev–Trinajstić information content (AvgIpc) is 2.42. The number of benzene rings is 1. The number of rotatable bonds is 8. The first-order valence-electron chi connectivity index (χ1n) is 6.41. The molecular weight excluding hydrogens is 246 g/mol. The molecule has 0 fully saturated rings. The van der Waals surface area contributed by atoms with Gasteiger partial charge in [-0.3, -0.25) is 10.1 Å². The highest BCUT2D eigenvalue weighted by Crippen LogP contribution is 2.29. The van der Waals surface area contributed by atoms with Gasteiger partial charge in [-0.25, -0.2) is 0 Å². The molecule has 0 saturated heterocycles. The smallest absolute Gasteiger partial charge is 0.292 e. The lowest BCUT2D eigenvalue weighted by molar-refractivity contribution is -0.384. The molecule has 106 valence electrons. The first-order chi connectivity index (χ1) is 9.12. The first kappa shape index (κ1) is 15.2. The Morgan fingerprint density at radius 3 is 2.79 bits per heavy atom. The Balaban J connectivity index is 2.92. The molecule has 1 aromatic rings. The van der Waals surface area contributed by atoms with Gasteiger partial charge in [0.1, 0.15) is 11.4 Å². The van der Waals surface area contributed by atoms with Gasteiger partial charge in [-0.05, 0) is 12.5 Å². The van der Waals surface area contributed by atoms with Crippen LogP contribution in [0.5, 0.6) is 5.75 Å². The van der Waals surface area contributed by atoms with Gasteiger partial charge in [-0.2, -0.15) is 0 Å². The third kappa shape index (κ3) is 4.40. The number of nitrogens with zero attached hydrogens (tertiary/aromatic N) is 1. The fraction of sp³-hybridized carbons (Fsp3) is 0.538. The van der Waals surface area contributed by atoms with Crippen molar-refractivity contribution in [2.24, 2.45) is 5.73 Å². The fourth-order valence-electron chi connectivity index (χ4n) is 1.84. The summed E-state index contributed by atoms with van der Waals surface area (Å²) in [6.07, 6.45) is 2.99. The maximum atomic E-state index is 11.0. The second kappa shape index (κ2) is 7.58. The van der Waals surface area contributed by atoms with E-state index in [1.165, 1.54) is 13.2 Å². The number of nitro groups is 1. The van der Waals surface area contributed by atoms with E-state index in [4.69, 9.17) is 10.5 Å². The van der Waals surface area contributed by atoms with Crippen LogP contribution in [-0.2, 0) is 0 Å². The van der Waals surface area contributed by atoms with Gasteiger partial charge in [-0.1, -0.05) is 19.8 Å². The number of hydrogen-bond donors (Lipinski definition) is 2. The van der Waals surface area contributed by atoms with E-state index in [0.29, 0.717) is 18.0 Å². The monoisotopic (exact) mass is 267 g/mol. The van der Waals surface area contributed by atoms with Gasteiger partial charge in [0.15, 0.2) is 0 Å². The molecule has 0 saturated carbocycles. The molecule has 0 radical (unpaired) electrons. The highest BCUT2D eigenvalue weighted by Gasteiger charge is 2.17. The number of ether oxygens (including phenoxy) is 1. The second-order valence-corrected chi connectivity index (χ2v) is 4.36. The van der Waals surface area contributed by atoms with Gasteiger partial charge in [0.2, 0.25) is 0 Å². The van der Waals surface area contributed by atoms with Crippen molar-refractivity contribution in [1.82, 2.24) is 0 Å². The van der Waals surface area contributed by atoms with Crippen LogP contribution in [0.3, 0.4) is 0 Å². The lowest BCUT2D eigenvalue weighted by Gasteiger charge is -2.18. The predicted octanol–water partition coefficient (Wildman–Crippen LogP) is 2.53. The van der Waals surface area contributed by atoms with Crippen LogP contribution in [0.15, 0.2) is 18.2 Å². The zero-order chi connectivity index (χ0) is 14.3. The summed E-state index contributed by atoms with van der Waals surface area (Å²) in [7, 11) is 1.53. The van der Waals surface area contributed by atoms with Crippen molar-refractivity contribution in [1.29, 1.82) is 0 Å². The van der Waals surface area contributed by atoms with Crippen LogP contribution in [0.4, 0.5) is 11.4 Å². The molecule has 0 amide bonds. The molecule has 0 heterocycles. The van der Waals surface area contributed by atoms with E-state index in [9.17, 15) is 10.1 Å². The summed E-state index contributed by atoms with van der Waals surface area (Å²) in [6, 6.07) is 4.68. The molecule has 3 N–H and O–H groups in total. The van der Waals surface area contributed by atoms with Gasteiger partial charge >= 0.3 is 0 Å². The summed E-state index contributed by atoms with van der Waals surface area (Å²) < 4.78 is 5.09. The van der Waals surface area contributed by atoms with Gasteiger partial charge < -0.3 is 15.8 Å². The van der Waals surface area contributed by atoms with Crippen LogP contribution in [0.25, 0.3) is 0 Å². The van der Waals surface area contributed by atoms with Crippen LogP contribution in [-0.4, -0.2) is 24.6 Å². The van der Waals surface area contributed by atoms with Gasteiger partial charge in [-0.15, -0.1) is 0 Å². The van der Waals surface area contributed by atoms with E-state index in [-0.39, 0.29) is 11.7 Å². The molecule has 19 heavy (non-hydrogen) atoms. The molecule has 6 nitrogen and oxygen atoms in total. The molecule has 0 aliphatic carbocycles. The SMILES string of the molecule is CCCCC(CN)Nc1cc(OC)ccc1[N+](=O)[O-]. The maximum absolute atomic E-state index is 11.0. The Morgan fingerprint density at radius 1 is 1.53 bits per heavy atom. The quantitative estimate of drug-likeness (QED) is 0.558. The number of methoxy groups -OCH3 is 1. The Bertz CT molecular complexity index is 424. The highest BCUT2D eigenvalue weighted by atomic mass is 16.6. The topological polar surface area (TPSA) is 90.4 Å². The molecule has 0 aliphatic rings. The van der Waals surface area contributed by atoms with Crippen molar-refractivity contribution in [3.05, 3.63) is 28.3 Å². The molecule has 1 atom stereocenters. The first-order valence-corrected chi connectivity index (χ1v) is 6.41. The molecule has 1 rings (SSSR count). The van der Waals surface area contributed by atoms with Crippen molar-refractivity contribution >= 4 is 11.4 Å². The zero-order valence-electron chi connectivity index (χ0n) is 11.4. The summed E-state index contributed by atoms with van der Waals surface area (Å²) >= 11 is 0. The minimum Gasteiger partial charge on any atom is -0.497 e. The van der Waals surface area contributed by atoms with Crippen LogP contribution in [0, 0.1) is 10.1 Å². The predicted molar refractivity (Wildman–Crippen MR) is 75.6 cm³/mol. The normalized spacial score (nSPS) is 11.9. The number of hydrogen-bond acceptors (Lipinski definition) is 5. The number of nitro benzene ring substituents is 1. The van der Waals surface area contributed by atoms with E-state index >= 15 is 0 Å². The molecule has 1 unspecified atom stereocenters. The molecule has 0 aliphatic heterocycles. The Labute approximate surface area is 113 Å². The summed E-state index contributed by atoms with van der Waals surface area (Å²) in [4.78, 5) is 10.6. The minimum absolute atomic E-state index is 0.0331. The Hall–Kier alpha value is -1.82. The number of nitrogens with one attached hydrogen (secondary N) is 1. The van der Waals surface area contributed by atoms with E-state index in [0.717, 1.165) is 19.3 Å². The number of anilines is 1. The van der Waals surface area contributed by atoms with Crippen molar-refractivity contribution in [2.75, 3.05) is 19.0 Å². The Kier molecular flexibility index (Phi) is 6.08. The third-order valence-electron chi connectivity index (χ3n) is 2.95. The molecular formula is C13H21N3O3. The fourth-order valence-corrected chi connectivity index (χ4v) is 1.84. The number of nitrogens with two attached hydrogens (primary N) is 1. The van der Waals surface area contributed by atoms with Crippen LogP contribution < -0.4 is 15.8 Å². The molecule has 6 heteroatoms. The van der Waals surface area contributed by atoms with Crippen LogP contribution in [0.2, 0.25) is 0 Å². The largest absolute Gasteiger partial charge is 0.497 e. The van der Waals surface area contributed by atoms with Crippen molar-refractivity contribution in [3.63, 3.8) is 0 Å². The standard InChI is InChI=1S/C13H21N3O3/c1-3-4-5-10(9-14)15-12-8-11(19-2)6-7-13(12)16(17)18/h6-8,10,15H,3-5,9,14H2,1-2H3. The highest BCUT2D eigenvalue weighted by molar-refractivity contribution is 5.64. The lowest BCUT2D eigenvalue weighted by atomic mass is 10.1. The second-order valence-electron chi connectivity index (χ2n) is 4.36. The summed E-state index contributed by atoms with van der Waals surface area (Å²) in [6.45, 7) is 2.54. The lowest BCUT2D eigenvalue weighted by Crippen LogP contribution is -2.29. The van der Waals surface area contributed by atoms with Gasteiger partial charge in [0, 0.05) is 24.7 Å². The minimum atomic E-state index is -0.408. The zero-order valence-corrected chi connectivity index (χ0v) is 11.4. The van der Waals surface area contributed by atoms with Gasteiger partial charge in [0.05, 0.1) is 12.0 Å². The maximum Gasteiger partial charge on any atom is 0.292 e. The van der Waals surface area contributed by atoms with Crippen molar-refractivity contribution in [3.8, 4) is 5.75 Å². The number of unbranched alkanes of at least 4 members (excludes halogenated alkanes) is 1. The van der Waals surface area contributed by atoms with Crippen LogP contribution in [0.1, 0.15) is 26.2 Å². The molecule has 0 aromatic heterocycles.